The molecule has 0 atom stereocenters. The Balaban J connectivity index is 2.22. The number of carbonyl (C=O) groups is 1. The minimum Gasteiger partial charge on any atom is -0.321 e. The van der Waals surface area contributed by atoms with Crippen LogP contribution in [0.25, 0.3) is 0 Å². The van der Waals surface area contributed by atoms with E-state index in [2.05, 4.69) is 15.3 Å². The lowest BCUT2D eigenvalue weighted by Gasteiger charge is -2.06. The molecular formula is C13H12ClN3OS. The fraction of sp³-hybridized carbons (Fsp3) is 0.154. The lowest BCUT2D eigenvalue weighted by atomic mass is 10.3. The van der Waals surface area contributed by atoms with Crippen LogP contribution in [-0.2, 0) is 0 Å². The van der Waals surface area contributed by atoms with Crippen LogP contribution in [0.1, 0.15) is 16.2 Å². The molecule has 0 saturated heterocycles. The van der Waals surface area contributed by atoms with Gasteiger partial charge in [-0.15, -0.1) is 0 Å². The van der Waals surface area contributed by atoms with Crippen LogP contribution in [0, 0.1) is 6.92 Å². The maximum atomic E-state index is 12.1. The van der Waals surface area contributed by atoms with E-state index in [4.69, 9.17) is 11.6 Å². The van der Waals surface area contributed by atoms with Gasteiger partial charge in [-0.05, 0) is 37.4 Å². The van der Waals surface area contributed by atoms with E-state index in [0.717, 1.165) is 5.69 Å². The molecule has 4 nitrogen and oxygen atoms in total. The third-order valence-electron chi connectivity index (χ3n) is 2.33. The standard InChI is InChI=1S/C13H12ClN3OS/c1-8-6-11(17-13(15-8)19-2)12(18)16-10-5-3-4-9(14)7-10/h3-7H,1-2H3,(H,16,18). The van der Waals surface area contributed by atoms with Crippen molar-refractivity contribution < 1.29 is 4.79 Å². The fourth-order valence-electron chi connectivity index (χ4n) is 1.51. The van der Waals surface area contributed by atoms with Gasteiger partial charge in [0.05, 0.1) is 0 Å². The number of halogens is 1. The monoisotopic (exact) mass is 293 g/mol. The number of aryl methyl sites for hydroxylation is 1. The van der Waals surface area contributed by atoms with E-state index in [-0.39, 0.29) is 5.91 Å². The lowest BCUT2D eigenvalue weighted by molar-refractivity contribution is 0.102. The Bertz CT molecular complexity index is 619. The van der Waals surface area contributed by atoms with Crippen molar-refractivity contribution in [2.24, 2.45) is 0 Å². The molecule has 2 aromatic rings. The molecule has 2 rings (SSSR count). The van der Waals surface area contributed by atoms with Gasteiger partial charge in [-0.3, -0.25) is 4.79 Å². The maximum absolute atomic E-state index is 12.1. The quantitative estimate of drug-likeness (QED) is 0.696. The molecule has 1 amide bonds. The topological polar surface area (TPSA) is 54.9 Å². The van der Waals surface area contributed by atoms with Gasteiger partial charge in [-0.1, -0.05) is 29.4 Å². The van der Waals surface area contributed by atoms with Gasteiger partial charge in [-0.25, -0.2) is 9.97 Å². The second-order valence-corrected chi connectivity index (χ2v) is 5.06. The molecule has 1 aromatic carbocycles. The first kappa shape index (κ1) is 13.8. The second kappa shape index (κ2) is 6.04. The van der Waals surface area contributed by atoms with Gasteiger partial charge in [-0.2, -0.15) is 0 Å². The van der Waals surface area contributed by atoms with Gasteiger partial charge in [0.25, 0.3) is 5.91 Å². The average Bonchev–Trinajstić information content (AvgIpc) is 2.38. The predicted octanol–water partition coefficient (Wildman–Crippen LogP) is 3.41. The van der Waals surface area contributed by atoms with Crippen LogP contribution < -0.4 is 5.32 Å². The number of amides is 1. The highest BCUT2D eigenvalue weighted by Crippen LogP contribution is 2.16. The number of benzene rings is 1. The van der Waals surface area contributed by atoms with Crippen molar-refractivity contribution in [2.45, 2.75) is 12.1 Å². The summed E-state index contributed by atoms with van der Waals surface area (Å²) in [5, 5.41) is 3.91. The number of carbonyl (C=O) groups excluding carboxylic acids is 1. The number of nitrogens with zero attached hydrogens (tertiary/aromatic N) is 2. The summed E-state index contributed by atoms with van der Waals surface area (Å²) >= 11 is 7.27. The third kappa shape index (κ3) is 3.68. The van der Waals surface area contributed by atoms with Crippen molar-refractivity contribution in [3.63, 3.8) is 0 Å². The summed E-state index contributed by atoms with van der Waals surface area (Å²) in [6.07, 6.45) is 1.87. The highest BCUT2D eigenvalue weighted by Gasteiger charge is 2.10. The second-order valence-electron chi connectivity index (χ2n) is 3.85. The molecule has 0 aliphatic rings. The van der Waals surface area contributed by atoms with Crippen LogP contribution in [0.5, 0.6) is 0 Å². The molecule has 19 heavy (non-hydrogen) atoms. The number of aromatic nitrogens is 2. The van der Waals surface area contributed by atoms with Gasteiger partial charge in [0.2, 0.25) is 0 Å². The largest absolute Gasteiger partial charge is 0.321 e. The Kier molecular flexibility index (Phi) is 4.39. The molecule has 0 bridgehead atoms. The summed E-state index contributed by atoms with van der Waals surface area (Å²) in [5.74, 6) is -0.275. The summed E-state index contributed by atoms with van der Waals surface area (Å²) in [7, 11) is 0. The summed E-state index contributed by atoms with van der Waals surface area (Å²) in [6.45, 7) is 1.83. The molecule has 98 valence electrons. The number of rotatable bonds is 3. The van der Waals surface area contributed by atoms with E-state index in [9.17, 15) is 4.79 Å². The van der Waals surface area contributed by atoms with E-state index in [0.29, 0.717) is 21.6 Å². The molecule has 0 spiro atoms. The van der Waals surface area contributed by atoms with E-state index < -0.39 is 0 Å². The number of anilines is 1. The molecule has 0 aliphatic carbocycles. The smallest absolute Gasteiger partial charge is 0.274 e. The number of hydrogen-bond acceptors (Lipinski definition) is 4. The lowest BCUT2D eigenvalue weighted by Crippen LogP contribution is -2.14. The van der Waals surface area contributed by atoms with Gasteiger partial charge in [0, 0.05) is 16.4 Å². The Hall–Kier alpha value is -1.59. The summed E-state index contributed by atoms with van der Waals surface area (Å²) in [5.41, 5.74) is 1.74. The highest BCUT2D eigenvalue weighted by atomic mass is 35.5. The zero-order valence-corrected chi connectivity index (χ0v) is 12.0. The Morgan fingerprint density at radius 2 is 2.11 bits per heavy atom. The Morgan fingerprint density at radius 1 is 1.32 bits per heavy atom. The number of thioether (sulfide) groups is 1. The highest BCUT2D eigenvalue weighted by molar-refractivity contribution is 7.98. The molecule has 0 saturated carbocycles. The van der Waals surface area contributed by atoms with E-state index in [1.165, 1.54) is 11.8 Å². The van der Waals surface area contributed by atoms with Crippen LogP contribution in [0.2, 0.25) is 5.02 Å². The van der Waals surface area contributed by atoms with Crippen LogP contribution in [0.3, 0.4) is 0 Å². The van der Waals surface area contributed by atoms with Crippen LogP contribution in [-0.4, -0.2) is 22.1 Å². The number of nitrogens with one attached hydrogen (secondary N) is 1. The minimum atomic E-state index is -0.275. The fourth-order valence-corrected chi connectivity index (χ4v) is 2.13. The van der Waals surface area contributed by atoms with E-state index in [1.807, 2.05) is 13.2 Å². The molecule has 1 heterocycles. The normalized spacial score (nSPS) is 10.3. The molecule has 0 aliphatic heterocycles. The SMILES string of the molecule is CSc1nc(C)cc(C(=O)Nc2cccc(Cl)c2)n1. The summed E-state index contributed by atoms with van der Waals surface area (Å²) < 4.78 is 0. The first-order valence-corrected chi connectivity index (χ1v) is 7.15. The number of hydrogen-bond donors (Lipinski definition) is 1. The van der Waals surface area contributed by atoms with Crippen molar-refractivity contribution in [1.82, 2.24) is 9.97 Å². The maximum Gasteiger partial charge on any atom is 0.274 e. The minimum absolute atomic E-state index is 0.275. The first-order valence-electron chi connectivity index (χ1n) is 5.55. The molecule has 0 unspecified atom stereocenters. The van der Waals surface area contributed by atoms with Gasteiger partial charge in [0.1, 0.15) is 5.69 Å². The molecule has 1 N–H and O–H groups in total. The van der Waals surface area contributed by atoms with Crippen molar-refractivity contribution in [1.29, 1.82) is 0 Å². The first-order chi connectivity index (χ1) is 9.08. The summed E-state index contributed by atoms with van der Waals surface area (Å²) in [4.78, 5) is 20.5. The van der Waals surface area contributed by atoms with Crippen LogP contribution in [0.15, 0.2) is 35.5 Å². The zero-order valence-electron chi connectivity index (χ0n) is 10.5. The Morgan fingerprint density at radius 3 is 2.79 bits per heavy atom. The van der Waals surface area contributed by atoms with Crippen molar-refractivity contribution in [2.75, 3.05) is 11.6 Å². The average molecular weight is 294 g/mol. The van der Waals surface area contributed by atoms with Crippen molar-refractivity contribution >= 4 is 35.0 Å². The molecule has 0 fully saturated rings. The Labute approximate surface area is 120 Å². The van der Waals surface area contributed by atoms with Gasteiger partial charge in [0.15, 0.2) is 5.16 Å². The van der Waals surface area contributed by atoms with Crippen LogP contribution >= 0.6 is 23.4 Å². The predicted molar refractivity (Wildman–Crippen MR) is 78.0 cm³/mol. The molecule has 6 heteroatoms. The van der Waals surface area contributed by atoms with Crippen LogP contribution in [0.4, 0.5) is 5.69 Å². The zero-order chi connectivity index (χ0) is 13.8. The van der Waals surface area contributed by atoms with Crippen molar-refractivity contribution in [3.8, 4) is 0 Å². The molecule has 1 aromatic heterocycles. The van der Waals surface area contributed by atoms with E-state index >= 15 is 0 Å². The van der Waals surface area contributed by atoms with Gasteiger partial charge < -0.3 is 5.32 Å². The van der Waals surface area contributed by atoms with E-state index in [1.54, 1.807) is 30.3 Å². The molecule has 0 radical (unpaired) electrons. The molecular weight excluding hydrogens is 282 g/mol. The van der Waals surface area contributed by atoms with Crippen molar-refractivity contribution in [3.05, 3.63) is 46.7 Å². The summed E-state index contributed by atoms with van der Waals surface area (Å²) in [6, 6.07) is 8.63. The van der Waals surface area contributed by atoms with Gasteiger partial charge >= 0.3 is 0 Å². The third-order valence-corrected chi connectivity index (χ3v) is 3.11.